The van der Waals surface area contributed by atoms with Crippen molar-refractivity contribution in [3.8, 4) is 6.07 Å². The van der Waals surface area contributed by atoms with E-state index in [0.29, 0.717) is 18.1 Å². The lowest BCUT2D eigenvalue weighted by molar-refractivity contribution is 0.826. The highest BCUT2D eigenvalue weighted by molar-refractivity contribution is 5.80. The van der Waals surface area contributed by atoms with Crippen molar-refractivity contribution in [2.24, 2.45) is 0 Å². The first kappa shape index (κ1) is 12.2. The van der Waals surface area contributed by atoms with Gasteiger partial charge in [-0.05, 0) is 42.3 Å². The van der Waals surface area contributed by atoms with E-state index in [1.807, 2.05) is 35.9 Å². The lowest BCUT2D eigenvalue weighted by Gasteiger charge is -2.08. The van der Waals surface area contributed by atoms with E-state index in [0.717, 1.165) is 22.2 Å². The Hall–Kier alpha value is -2.87. The van der Waals surface area contributed by atoms with E-state index in [9.17, 15) is 0 Å². The Labute approximate surface area is 116 Å². The fourth-order valence-corrected chi connectivity index (χ4v) is 2.21. The van der Waals surface area contributed by atoms with Crippen molar-refractivity contribution < 1.29 is 0 Å². The lowest BCUT2D eigenvalue weighted by atomic mass is 10.1. The molecule has 20 heavy (non-hydrogen) atoms. The largest absolute Gasteiger partial charge is 0.369 e. The number of rotatable bonds is 2. The number of nitrogen functional groups attached to an aromatic ring is 1. The molecule has 0 radical (unpaired) electrons. The number of anilines is 1. The molecule has 0 unspecified atom stereocenters. The van der Waals surface area contributed by atoms with Gasteiger partial charge in [0, 0.05) is 12.4 Å². The van der Waals surface area contributed by atoms with Crippen LogP contribution in [0, 0.1) is 18.3 Å². The molecule has 5 heteroatoms. The number of fused-ring (bicyclic) bond motifs is 1. The van der Waals surface area contributed by atoms with Crippen LogP contribution in [0.3, 0.4) is 0 Å². The fourth-order valence-electron chi connectivity index (χ4n) is 2.21. The summed E-state index contributed by atoms with van der Waals surface area (Å²) >= 11 is 0. The molecule has 0 saturated carbocycles. The Bertz CT molecular complexity index is 826. The summed E-state index contributed by atoms with van der Waals surface area (Å²) in [6.07, 6.45) is 3.59. The minimum atomic E-state index is 0.443. The molecule has 2 N–H and O–H groups in total. The van der Waals surface area contributed by atoms with Crippen LogP contribution in [-0.2, 0) is 6.54 Å². The third-order valence-electron chi connectivity index (χ3n) is 3.38. The van der Waals surface area contributed by atoms with E-state index in [4.69, 9.17) is 11.0 Å². The Morgan fingerprint density at radius 2 is 2.20 bits per heavy atom. The van der Waals surface area contributed by atoms with Gasteiger partial charge in [-0.3, -0.25) is 4.98 Å². The smallest absolute Gasteiger partial charge is 0.201 e. The number of pyridine rings is 1. The van der Waals surface area contributed by atoms with Crippen LogP contribution in [0.1, 0.15) is 16.7 Å². The highest BCUT2D eigenvalue weighted by Gasteiger charge is 2.10. The average Bonchev–Trinajstić information content (AvgIpc) is 2.77. The first-order chi connectivity index (χ1) is 9.69. The molecule has 0 bridgehead atoms. The predicted molar refractivity (Wildman–Crippen MR) is 76.9 cm³/mol. The minimum Gasteiger partial charge on any atom is -0.369 e. The summed E-state index contributed by atoms with van der Waals surface area (Å²) in [5.74, 6) is 0.443. The predicted octanol–water partition coefficient (Wildman–Crippen LogP) is 2.24. The van der Waals surface area contributed by atoms with Gasteiger partial charge in [0.2, 0.25) is 5.95 Å². The number of aromatic nitrogens is 3. The maximum Gasteiger partial charge on any atom is 0.201 e. The van der Waals surface area contributed by atoms with Gasteiger partial charge in [-0.1, -0.05) is 0 Å². The first-order valence-electron chi connectivity index (χ1n) is 6.24. The minimum absolute atomic E-state index is 0.443. The molecule has 3 aromatic rings. The zero-order valence-corrected chi connectivity index (χ0v) is 11.0. The van der Waals surface area contributed by atoms with Crippen LogP contribution in [0.2, 0.25) is 0 Å². The van der Waals surface area contributed by atoms with E-state index in [1.165, 1.54) is 0 Å². The molecule has 2 aromatic heterocycles. The zero-order valence-electron chi connectivity index (χ0n) is 11.0. The third kappa shape index (κ3) is 1.97. The standard InChI is InChI=1S/C15H13N5/c1-10-4-5-18-8-12(10)9-20-14-6-11(7-16)2-3-13(14)19-15(20)17/h2-6,8H,9H2,1H3,(H2,17,19). The number of imidazole rings is 1. The van der Waals surface area contributed by atoms with Crippen LogP contribution in [0.4, 0.5) is 5.95 Å². The first-order valence-corrected chi connectivity index (χ1v) is 6.24. The van der Waals surface area contributed by atoms with Gasteiger partial charge in [0.15, 0.2) is 0 Å². The van der Waals surface area contributed by atoms with Crippen LogP contribution in [-0.4, -0.2) is 14.5 Å². The number of nitrogens with two attached hydrogens (primary N) is 1. The molecular formula is C15H13N5. The van der Waals surface area contributed by atoms with Crippen molar-refractivity contribution in [2.75, 3.05) is 5.73 Å². The van der Waals surface area contributed by atoms with Crippen LogP contribution >= 0.6 is 0 Å². The highest BCUT2D eigenvalue weighted by atomic mass is 15.1. The molecule has 2 heterocycles. The summed E-state index contributed by atoms with van der Waals surface area (Å²) in [4.78, 5) is 8.47. The van der Waals surface area contributed by atoms with Gasteiger partial charge in [-0.2, -0.15) is 5.26 Å². The van der Waals surface area contributed by atoms with Crippen LogP contribution < -0.4 is 5.73 Å². The van der Waals surface area contributed by atoms with Gasteiger partial charge >= 0.3 is 0 Å². The molecule has 1 aromatic carbocycles. The number of hydrogen-bond donors (Lipinski definition) is 1. The highest BCUT2D eigenvalue weighted by Crippen LogP contribution is 2.21. The molecule has 5 nitrogen and oxygen atoms in total. The molecule has 0 atom stereocenters. The molecular weight excluding hydrogens is 250 g/mol. The van der Waals surface area contributed by atoms with Gasteiger partial charge in [-0.15, -0.1) is 0 Å². The van der Waals surface area contributed by atoms with E-state index in [1.54, 1.807) is 12.3 Å². The van der Waals surface area contributed by atoms with Gasteiger partial charge in [0.25, 0.3) is 0 Å². The number of nitriles is 1. The van der Waals surface area contributed by atoms with E-state index in [2.05, 4.69) is 16.0 Å². The summed E-state index contributed by atoms with van der Waals surface area (Å²) in [5, 5.41) is 9.01. The molecule has 98 valence electrons. The molecule has 3 rings (SSSR count). The van der Waals surface area contributed by atoms with E-state index < -0.39 is 0 Å². The van der Waals surface area contributed by atoms with Gasteiger partial charge in [0.1, 0.15) is 0 Å². The van der Waals surface area contributed by atoms with Gasteiger partial charge in [0.05, 0.1) is 29.2 Å². The van der Waals surface area contributed by atoms with Crippen molar-refractivity contribution in [1.82, 2.24) is 14.5 Å². The molecule has 0 aliphatic heterocycles. The topological polar surface area (TPSA) is 80.5 Å². The quantitative estimate of drug-likeness (QED) is 0.768. The van der Waals surface area contributed by atoms with E-state index in [-0.39, 0.29) is 0 Å². The maximum absolute atomic E-state index is 9.01. The molecule has 0 aliphatic rings. The van der Waals surface area contributed by atoms with Crippen molar-refractivity contribution in [3.63, 3.8) is 0 Å². The number of aryl methyl sites for hydroxylation is 1. The Morgan fingerprint density at radius 3 is 2.95 bits per heavy atom. The maximum atomic E-state index is 9.01. The summed E-state index contributed by atoms with van der Waals surface area (Å²) < 4.78 is 1.90. The summed E-state index contributed by atoms with van der Waals surface area (Å²) in [5.41, 5.74) is 10.5. The zero-order chi connectivity index (χ0) is 14.1. The fraction of sp³-hybridized carbons (Fsp3) is 0.133. The number of nitrogens with zero attached hydrogens (tertiary/aromatic N) is 4. The van der Waals surface area contributed by atoms with Crippen LogP contribution in [0.5, 0.6) is 0 Å². The van der Waals surface area contributed by atoms with Crippen LogP contribution in [0.25, 0.3) is 11.0 Å². The normalized spacial score (nSPS) is 10.6. The van der Waals surface area contributed by atoms with Crippen molar-refractivity contribution in [2.45, 2.75) is 13.5 Å². The summed E-state index contributed by atoms with van der Waals surface area (Å²) in [6, 6.07) is 9.47. The van der Waals surface area contributed by atoms with Crippen molar-refractivity contribution in [1.29, 1.82) is 5.26 Å². The summed E-state index contributed by atoms with van der Waals surface area (Å²) in [6.45, 7) is 2.63. The number of benzene rings is 1. The van der Waals surface area contributed by atoms with Gasteiger partial charge in [-0.25, -0.2) is 4.98 Å². The molecule has 0 aliphatic carbocycles. The summed E-state index contributed by atoms with van der Waals surface area (Å²) in [7, 11) is 0. The Kier molecular flexibility index (Phi) is 2.84. The lowest BCUT2D eigenvalue weighted by Crippen LogP contribution is -2.06. The average molecular weight is 263 g/mol. The van der Waals surface area contributed by atoms with E-state index >= 15 is 0 Å². The molecule has 0 fully saturated rings. The monoisotopic (exact) mass is 263 g/mol. The Balaban J connectivity index is 2.14. The molecule has 0 amide bonds. The second-order valence-corrected chi connectivity index (χ2v) is 4.67. The molecule has 0 spiro atoms. The van der Waals surface area contributed by atoms with Crippen molar-refractivity contribution >= 4 is 17.0 Å². The second kappa shape index (κ2) is 4.67. The Morgan fingerprint density at radius 1 is 1.35 bits per heavy atom. The second-order valence-electron chi connectivity index (χ2n) is 4.67. The third-order valence-corrected chi connectivity index (χ3v) is 3.38. The van der Waals surface area contributed by atoms with Crippen molar-refractivity contribution in [3.05, 3.63) is 53.3 Å². The SMILES string of the molecule is Cc1ccncc1Cn1c(N)nc2ccc(C#N)cc21. The number of hydrogen-bond acceptors (Lipinski definition) is 4. The van der Waals surface area contributed by atoms with Crippen LogP contribution in [0.15, 0.2) is 36.7 Å². The molecule has 0 saturated heterocycles. The van der Waals surface area contributed by atoms with Gasteiger partial charge < -0.3 is 10.3 Å².